The molecule has 0 aromatic carbocycles. The third kappa shape index (κ3) is 2.47. The van der Waals surface area contributed by atoms with E-state index in [0.29, 0.717) is 12.1 Å². The van der Waals surface area contributed by atoms with Crippen LogP contribution in [0.5, 0.6) is 0 Å². The third-order valence-corrected chi connectivity index (χ3v) is 3.69. The molecule has 16 heavy (non-hydrogen) atoms. The SMILES string of the molecule is CC1CCCC(C)N1NCc1cccn1C. The molecule has 2 atom stereocenters. The standard InChI is InChI=1S/C13H23N3/c1-11-6-4-7-12(2)16(11)14-10-13-8-5-9-15(13)3/h5,8-9,11-12,14H,4,6-7,10H2,1-3H3. The number of nitrogens with one attached hydrogen (secondary N) is 1. The van der Waals surface area contributed by atoms with Crippen molar-refractivity contribution in [3.05, 3.63) is 24.0 Å². The van der Waals surface area contributed by atoms with Gasteiger partial charge in [0.15, 0.2) is 0 Å². The molecule has 0 amide bonds. The van der Waals surface area contributed by atoms with Crippen LogP contribution in [-0.4, -0.2) is 21.7 Å². The van der Waals surface area contributed by atoms with Crippen LogP contribution in [0.3, 0.4) is 0 Å². The molecule has 3 nitrogen and oxygen atoms in total. The zero-order valence-electron chi connectivity index (χ0n) is 10.6. The summed E-state index contributed by atoms with van der Waals surface area (Å²) in [5.41, 5.74) is 4.91. The minimum atomic E-state index is 0.656. The second-order valence-electron chi connectivity index (χ2n) is 4.98. The molecule has 1 aromatic heterocycles. The zero-order chi connectivity index (χ0) is 11.5. The number of hydrazine groups is 1. The van der Waals surface area contributed by atoms with Gasteiger partial charge in [0.2, 0.25) is 0 Å². The van der Waals surface area contributed by atoms with Crippen LogP contribution >= 0.6 is 0 Å². The van der Waals surface area contributed by atoms with Crippen LogP contribution in [0.25, 0.3) is 0 Å². The molecule has 1 aliphatic rings. The fourth-order valence-electron chi connectivity index (χ4n) is 2.59. The Morgan fingerprint density at radius 2 is 2.00 bits per heavy atom. The molecule has 1 aromatic rings. The molecule has 1 fully saturated rings. The van der Waals surface area contributed by atoms with E-state index in [-0.39, 0.29) is 0 Å². The Bertz CT molecular complexity index is 322. The molecule has 2 heterocycles. The lowest BCUT2D eigenvalue weighted by Crippen LogP contribution is -2.51. The molecule has 3 heteroatoms. The van der Waals surface area contributed by atoms with E-state index in [2.05, 4.69) is 54.2 Å². The van der Waals surface area contributed by atoms with E-state index < -0.39 is 0 Å². The van der Waals surface area contributed by atoms with Gasteiger partial charge in [0, 0.05) is 31.0 Å². The summed E-state index contributed by atoms with van der Waals surface area (Å²) < 4.78 is 2.17. The van der Waals surface area contributed by atoms with Gasteiger partial charge >= 0.3 is 0 Å². The Morgan fingerprint density at radius 3 is 2.56 bits per heavy atom. The highest BCUT2D eigenvalue weighted by Gasteiger charge is 2.24. The molecular formula is C13H23N3. The van der Waals surface area contributed by atoms with E-state index in [1.165, 1.54) is 25.0 Å². The summed E-state index contributed by atoms with van der Waals surface area (Å²) >= 11 is 0. The van der Waals surface area contributed by atoms with Crippen LogP contribution in [0.2, 0.25) is 0 Å². The van der Waals surface area contributed by atoms with Gasteiger partial charge in [-0.25, -0.2) is 10.4 Å². The molecule has 90 valence electrons. The summed E-state index contributed by atoms with van der Waals surface area (Å²) in [5, 5.41) is 2.43. The first-order valence-corrected chi connectivity index (χ1v) is 6.30. The molecule has 2 unspecified atom stereocenters. The third-order valence-electron chi connectivity index (χ3n) is 3.69. The van der Waals surface area contributed by atoms with Crippen LogP contribution in [0.15, 0.2) is 18.3 Å². The summed E-state index contributed by atoms with van der Waals surface area (Å²) in [6, 6.07) is 5.58. The molecule has 2 rings (SSSR count). The van der Waals surface area contributed by atoms with E-state index in [1.54, 1.807) is 0 Å². The van der Waals surface area contributed by atoms with Gasteiger partial charge in [-0.05, 0) is 38.8 Å². The summed E-state index contributed by atoms with van der Waals surface area (Å²) in [4.78, 5) is 0. The van der Waals surface area contributed by atoms with E-state index >= 15 is 0 Å². The van der Waals surface area contributed by atoms with Gasteiger partial charge < -0.3 is 4.57 Å². The number of aromatic nitrogens is 1. The molecule has 0 bridgehead atoms. The van der Waals surface area contributed by atoms with Gasteiger partial charge in [-0.1, -0.05) is 6.42 Å². The second kappa shape index (κ2) is 5.02. The highest BCUT2D eigenvalue weighted by molar-refractivity contribution is 5.05. The average Bonchev–Trinajstić information content (AvgIpc) is 2.64. The number of nitrogens with zero attached hydrogens (tertiary/aromatic N) is 2. The quantitative estimate of drug-likeness (QED) is 0.845. The Hall–Kier alpha value is -0.800. The number of rotatable bonds is 3. The number of hydrogen-bond donors (Lipinski definition) is 1. The minimum Gasteiger partial charge on any atom is -0.353 e. The molecule has 0 aliphatic carbocycles. The fraction of sp³-hybridized carbons (Fsp3) is 0.692. The Labute approximate surface area is 98.4 Å². The average molecular weight is 221 g/mol. The van der Waals surface area contributed by atoms with Crippen molar-refractivity contribution in [3.8, 4) is 0 Å². The van der Waals surface area contributed by atoms with E-state index in [9.17, 15) is 0 Å². The molecule has 1 N–H and O–H groups in total. The Kier molecular flexibility index (Phi) is 3.66. The van der Waals surface area contributed by atoms with Gasteiger partial charge in [0.05, 0.1) is 6.54 Å². The van der Waals surface area contributed by atoms with Crippen molar-refractivity contribution in [1.82, 2.24) is 15.0 Å². The second-order valence-corrected chi connectivity index (χ2v) is 4.98. The first-order valence-electron chi connectivity index (χ1n) is 6.30. The normalized spacial score (nSPS) is 27.2. The Balaban J connectivity index is 1.91. The summed E-state index contributed by atoms with van der Waals surface area (Å²) in [7, 11) is 2.10. The molecule has 0 saturated carbocycles. The van der Waals surface area contributed by atoms with E-state index in [0.717, 1.165) is 6.54 Å². The topological polar surface area (TPSA) is 20.2 Å². The zero-order valence-corrected chi connectivity index (χ0v) is 10.6. The van der Waals surface area contributed by atoms with Crippen LogP contribution in [0, 0.1) is 0 Å². The van der Waals surface area contributed by atoms with Gasteiger partial charge in [0.25, 0.3) is 0 Å². The molecular weight excluding hydrogens is 198 g/mol. The number of hydrogen-bond acceptors (Lipinski definition) is 2. The van der Waals surface area contributed by atoms with Gasteiger partial charge in [0.1, 0.15) is 0 Å². The molecule has 1 aliphatic heterocycles. The maximum absolute atomic E-state index is 3.58. The van der Waals surface area contributed by atoms with Gasteiger partial charge in [-0.3, -0.25) is 0 Å². The lowest BCUT2D eigenvalue weighted by atomic mass is 10.00. The van der Waals surface area contributed by atoms with Crippen molar-refractivity contribution < 1.29 is 0 Å². The van der Waals surface area contributed by atoms with Crippen molar-refractivity contribution in [2.75, 3.05) is 0 Å². The fourth-order valence-corrected chi connectivity index (χ4v) is 2.59. The van der Waals surface area contributed by atoms with E-state index in [1.807, 2.05) is 0 Å². The predicted octanol–water partition coefficient (Wildman–Crippen LogP) is 2.29. The van der Waals surface area contributed by atoms with Crippen molar-refractivity contribution >= 4 is 0 Å². The highest BCUT2D eigenvalue weighted by Crippen LogP contribution is 2.20. The molecule has 0 radical (unpaired) electrons. The summed E-state index contributed by atoms with van der Waals surface area (Å²) in [6.07, 6.45) is 6.08. The molecule has 1 saturated heterocycles. The van der Waals surface area contributed by atoms with Crippen LogP contribution in [-0.2, 0) is 13.6 Å². The van der Waals surface area contributed by atoms with Crippen LogP contribution in [0.1, 0.15) is 38.8 Å². The van der Waals surface area contributed by atoms with Crippen LogP contribution in [0.4, 0.5) is 0 Å². The lowest BCUT2D eigenvalue weighted by Gasteiger charge is -2.39. The first-order chi connectivity index (χ1) is 7.68. The van der Waals surface area contributed by atoms with Gasteiger partial charge in [-0.2, -0.15) is 0 Å². The maximum atomic E-state index is 3.58. The van der Waals surface area contributed by atoms with E-state index in [4.69, 9.17) is 0 Å². The number of piperidine rings is 1. The highest BCUT2D eigenvalue weighted by atomic mass is 15.5. The maximum Gasteiger partial charge on any atom is 0.0506 e. The molecule has 0 spiro atoms. The smallest absolute Gasteiger partial charge is 0.0506 e. The Morgan fingerprint density at radius 1 is 1.31 bits per heavy atom. The van der Waals surface area contributed by atoms with Crippen molar-refractivity contribution in [2.24, 2.45) is 7.05 Å². The predicted molar refractivity (Wildman–Crippen MR) is 66.9 cm³/mol. The summed E-state index contributed by atoms with van der Waals surface area (Å²) in [5.74, 6) is 0. The largest absolute Gasteiger partial charge is 0.353 e. The number of aryl methyl sites for hydroxylation is 1. The van der Waals surface area contributed by atoms with Crippen LogP contribution < -0.4 is 5.43 Å². The lowest BCUT2D eigenvalue weighted by molar-refractivity contribution is 0.0428. The summed E-state index contributed by atoms with van der Waals surface area (Å²) in [6.45, 7) is 5.56. The monoisotopic (exact) mass is 221 g/mol. The minimum absolute atomic E-state index is 0.656. The van der Waals surface area contributed by atoms with Crippen molar-refractivity contribution in [1.29, 1.82) is 0 Å². The van der Waals surface area contributed by atoms with Crippen molar-refractivity contribution in [3.63, 3.8) is 0 Å². The van der Waals surface area contributed by atoms with Crippen molar-refractivity contribution in [2.45, 2.75) is 51.7 Å². The van der Waals surface area contributed by atoms with Gasteiger partial charge in [-0.15, -0.1) is 0 Å². The first kappa shape index (κ1) is 11.7.